The average Bonchev–Trinajstić information content (AvgIpc) is 2.98. The molecule has 1 aliphatic carbocycles. The van der Waals surface area contributed by atoms with Gasteiger partial charge in [-0.1, -0.05) is 24.3 Å². The summed E-state index contributed by atoms with van der Waals surface area (Å²) < 4.78 is 32.2. The van der Waals surface area contributed by atoms with Crippen LogP contribution in [0.4, 0.5) is 0 Å². The molecule has 0 heterocycles. The summed E-state index contributed by atoms with van der Waals surface area (Å²) in [5.74, 6) is 0.646. The first kappa shape index (κ1) is 15.1. The highest BCUT2D eigenvalue weighted by molar-refractivity contribution is 7.89. The zero-order valence-corrected chi connectivity index (χ0v) is 13.5. The lowest BCUT2D eigenvalue weighted by molar-refractivity contribution is 0.374. The smallest absolute Gasteiger partial charge is 0.243 e. The van der Waals surface area contributed by atoms with Gasteiger partial charge in [0.15, 0.2) is 0 Å². The maximum absolute atomic E-state index is 12.8. The molecule has 0 N–H and O–H groups in total. The number of rotatable bonds is 4. The zero-order chi connectivity index (χ0) is 15.7. The Balaban J connectivity index is 1.92. The van der Waals surface area contributed by atoms with Crippen molar-refractivity contribution in [3.8, 4) is 5.75 Å². The molecule has 0 fully saturated rings. The van der Waals surface area contributed by atoms with E-state index in [-0.39, 0.29) is 6.04 Å². The third kappa shape index (κ3) is 2.51. The SMILES string of the molecule is COc1ccc(S(=O)(=O)N(C)C2CCc3ccccc32)cc1. The molecule has 2 aromatic carbocycles. The van der Waals surface area contributed by atoms with E-state index in [9.17, 15) is 8.42 Å². The van der Waals surface area contributed by atoms with Crippen molar-refractivity contribution < 1.29 is 13.2 Å². The quantitative estimate of drug-likeness (QED) is 0.871. The van der Waals surface area contributed by atoms with Gasteiger partial charge in [-0.2, -0.15) is 4.31 Å². The molecule has 3 rings (SSSR count). The van der Waals surface area contributed by atoms with Crippen molar-refractivity contribution in [2.75, 3.05) is 14.2 Å². The van der Waals surface area contributed by atoms with Gasteiger partial charge in [-0.25, -0.2) is 8.42 Å². The van der Waals surface area contributed by atoms with E-state index in [1.807, 2.05) is 18.2 Å². The summed E-state index contributed by atoms with van der Waals surface area (Å²) in [6.07, 6.45) is 1.74. The maximum atomic E-state index is 12.8. The van der Waals surface area contributed by atoms with Crippen LogP contribution in [0.15, 0.2) is 53.4 Å². The highest BCUT2D eigenvalue weighted by atomic mass is 32.2. The number of hydrogen-bond donors (Lipinski definition) is 0. The summed E-state index contributed by atoms with van der Waals surface area (Å²) in [5.41, 5.74) is 2.35. The van der Waals surface area contributed by atoms with Crippen LogP contribution in [-0.2, 0) is 16.4 Å². The number of nitrogens with zero attached hydrogens (tertiary/aromatic N) is 1. The molecule has 0 saturated heterocycles. The highest BCUT2D eigenvalue weighted by Crippen LogP contribution is 2.37. The van der Waals surface area contributed by atoms with Crippen LogP contribution in [0.1, 0.15) is 23.6 Å². The molecular formula is C17H19NO3S. The van der Waals surface area contributed by atoms with E-state index in [1.54, 1.807) is 38.4 Å². The summed E-state index contributed by atoms with van der Waals surface area (Å²) in [6.45, 7) is 0. The van der Waals surface area contributed by atoms with Crippen LogP contribution < -0.4 is 4.74 Å². The van der Waals surface area contributed by atoms with E-state index in [1.165, 1.54) is 9.87 Å². The lowest BCUT2D eigenvalue weighted by atomic mass is 10.1. The summed E-state index contributed by atoms with van der Waals surface area (Å²) in [4.78, 5) is 0.292. The predicted molar refractivity (Wildman–Crippen MR) is 85.4 cm³/mol. The van der Waals surface area contributed by atoms with E-state index in [2.05, 4.69) is 6.07 Å². The number of methoxy groups -OCH3 is 1. The summed E-state index contributed by atoms with van der Waals surface area (Å²) in [6, 6.07) is 14.5. The van der Waals surface area contributed by atoms with Gasteiger partial charge >= 0.3 is 0 Å². The molecule has 0 aliphatic heterocycles. The lowest BCUT2D eigenvalue weighted by Gasteiger charge is -2.25. The fraction of sp³-hybridized carbons (Fsp3) is 0.294. The van der Waals surface area contributed by atoms with Gasteiger partial charge in [-0.05, 0) is 48.2 Å². The van der Waals surface area contributed by atoms with E-state index >= 15 is 0 Å². The van der Waals surface area contributed by atoms with Crippen molar-refractivity contribution >= 4 is 10.0 Å². The van der Waals surface area contributed by atoms with E-state index < -0.39 is 10.0 Å². The first-order valence-corrected chi connectivity index (χ1v) is 8.68. The Morgan fingerprint density at radius 2 is 1.77 bits per heavy atom. The van der Waals surface area contributed by atoms with Crippen LogP contribution in [0.3, 0.4) is 0 Å². The second-order valence-electron chi connectivity index (χ2n) is 5.45. The van der Waals surface area contributed by atoms with Crippen molar-refractivity contribution in [3.05, 3.63) is 59.7 Å². The van der Waals surface area contributed by atoms with E-state index in [0.29, 0.717) is 10.6 Å². The Morgan fingerprint density at radius 1 is 1.09 bits per heavy atom. The van der Waals surface area contributed by atoms with Crippen LogP contribution >= 0.6 is 0 Å². The maximum Gasteiger partial charge on any atom is 0.243 e. The van der Waals surface area contributed by atoms with Crippen molar-refractivity contribution in [1.82, 2.24) is 4.31 Å². The number of ether oxygens (including phenoxy) is 1. The molecule has 1 atom stereocenters. The average molecular weight is 317 g/mol. The lowest BCUT2D eigenvalue weighted by Crippen LogP contribution is -2.30. The van der Waals surface area contributed by atoms with Gasteiger partial charge in [0.1, 0.15) is 5.75 Å². The van der Waals surface area contributed by atoms with Crippen molar-refractivity contribution in [1.29, 1.82) is 0 Å². The van der Waals surface area contributed by atoms with E-state index in [4.69, 9.17) is 4.74 Å². The van der Waals surface area contributed by atoms with Crippen LogP contribution in [0, 0.1) is 0 Å². The Labute approximate surface area is 131 Å². The topological polar surface area (TPSA) is 46.6 Å². The van der Waals surface area contributed by atoms with Gasteiger partial charge in [0.2, 0.25) is 10.0 Å². The Hall–Kier alpha value is -1.85. The Kier molecular flexibility index (Phi) is 3.93. The molecule has 2 aromatic rings. The molecule has 0 saturated carbocycles. The number of benzene rings is 2. The van der Waals surface area contributed by atoms with Gasteiger partial charge in [0.25, 0.3) is 0 Å². The number of aryl methyl sites for hydroxylation is 1. The molecule has 4 nitrogen and oxygen atoms in total. The Bertz CT molecular complexity index is 769. The molecule has 5 heteroatoms. The van der Waals surface area contributed by atoms with Crippen LogP contribution in [0.2, 0.25) is 0 Å². The minimum absolute atomic E-state index is 0.0942. The fourth-order valence-corrected chi connectivity index (χ4v) is 4.36. The monoisotopic (exact) mass is 317 g/mol. The third-order valence-corrected chi connectivity index (χ3v) is 6.16. The van der Waals surface area contributed by atoms with Crippen LogP contribution in [0.5, 0.6) is 5.75 Å². The van der Waals surface area contributed by atoms with Gasteiger partial charge in [0, 0.05) is 7.05 Å². The first-order chi connectivity index (χ1) is 10.5. The first-order valence-electron chi connectivity index (χ1n) is 7.24. The van der Waals surface area contributed by atoms with Gasteiger partial charge in [-0.3, -0.25) is 0 Å². The predicted octanol–water partition coefficient (Wildman–Crippen LogP) is 3.00. The highest BCUT2D eigenvalue weighted by Gasteiger charge is 2.33. The second-order valence-corrected chi connectivity index (χ2v) is 7.45. The minimum Gasteiger partial charge on any atom is -0.497 e. The molecule has 0 spiro atoms. The van der Waals surface area contributed by atoms with Gasteiger partial charge in [-0.15, -0.1) is 0 Å². The molecule has 0 aromatic heterocycles. The molecule has 116 valence electrons. The molecule has 1 aliphatic rings. The molecule has 0 radical (unpaired) electrons. The normalized spacial score (nSPS) is 17.5. The van der Waals surface area contributed by atoms with Gasteiger partial charge < -0.3 is 4.74 Å². The molecule has 1 unspecified atom stereocenters. The second kappa shape index (κ2) is 5.74. The van der Waals surface area contributed by atoms with Crippen LogP contribution in [0.25, 0.3) is 0 Å². The van der Waals surface area contributed by atoms with Crippen LogP contribution in [-0.4, -0.2) is 26.9 Å². The molecule has 22 heavy (non-hydrogen) atoms. The molecule has 0 amide bonds. The van der Waals surface area contributed by atoms with Crippen molar-refractivity contribution in [2.45, 2.75) is 23.8 Å². The summed E-state index contributed by atoms with van der Waals surface area (Å²) in [5, 5.41) is 0. The zero-order valence-electron chi connectivity index (χ0n) is 12.7. The molecule has 0 bridgehead atoms. The number of sulfonamides is 1. The minimum atomic E-state index is -3.51. The largest absolute Gasteiger partial charge is 0.497 e. The van der Waals surface area contributed by atoms with Gasteiger partial charge in [0.05, 0.1) is 18.0 Å². The summed E-state index contributed by atoms with van der Waals surface area (Å²) >= 11 is 0. The number of fused-ring (bicyclic) bond motifs is 1. The number of hydrogen-bond acceptors (Lipinski definition) is 3. The third-order valence-electron chi connectivity index (χ3n) is 4.28. The Morgan fingerprint density at radius 3 is 2.45 bits per heavy atom. The molecular weight excluding hydrogens is 298 g/mol. The summed E-state index contributed by atoms with van der Waals surface area (Å²) in [7, 11) is -0.293. The van der Waals surface area contributed by atoms with E-state index in [0.717, 1.165) is 18.4 Å². The van der Waals surface area contributed by atoms with Crippen molar-refractivity contribution in [3.63, 3.8) is 0 Å². The standard InChI is InChI=1S/C17H19NO3S/c1-18(17-12-7-13-5-3-4-6-16(13)17)22(19,20)15-10-8-14(21-2)9-11-15/h3-6,8-11,17H,7,12H2,1-2H3. The van der Waals surface area contributed by atoms with Crippen molar-refractivity contribution in [2.24, 2.45) is 0 Å². The fourth-order valence-electron chi connectivity index (χ4n) is 2.99.